The molecule has 4 heteroatoms. The molecule has 1 heterocycles. The molecule has 1 rings (SSSR count). The van der Waals surface area contributed by atoms with Crippen molar-refractivity contribution in [3.8, 4) is 0 Å². The lowest BCUT2D eigenvalue weighted by Crippen LogP contribution is -2.56. The van der Waals surface area contributed by atoms with Crippen molar-refractivity contribution < 1.29 is 9.59 Å². The van der Waals surface area contributed by atoms with Crippen LogP contribution in [0.2, 0.25) is 0 Å². The molecule has 1 saturated heterocycles. The van der Waals surface area contributed by atoms with Crippen molar-refractivity contribution in [2.45, 2.75) is 52.5 Å². The standard InChI is InChI=1S/C13H24N2O2/c1-5-13(6-2)12(17)15(9-10(3)4)8-7-11(16)14-13/h10H,5-9H2,1-4H3,(H,14,16). The molecule has 0 spiro atoms. The van der Waals surface area contributed by atoms with Crippen LogP contribution in [0.15, 0.2) is 0 Å². The maximum Gasteiger partial charge on any atom is 0.248 e. The summed E-state index contributed by atoms with van der Waals surface area (Å²) in [7, 11) is 0. The lowest BCUT2D eigenvalue weighted by Gasteiger charge is -2.34. The lowest BCUT2D eigenvalue weighted by molar-refractivity contribution is -0.139. The van der Waals surface area contributed by atoms with E-state index in [0.717, 1.165) is 6.54 Å². The molecular weight excluding hydrogens is 216 g/mol. The number of hydrogen-bond donors (Lipinski definition) is 1. The van der Waals surface area contributed by atoms with E-state index in [4.69, 9.17) is 0 Å². The average molecular weight is 240 g/mol. The largest absolute Gasteiger partial charge is 0.342 e. The van der Waals surface area contributed by atoms with E-state index >= 15 is 0 Å². The molecule has 0 aliphatic carbocycles. The van der Waals surface area contributed by atoms with Gasteiger partial charge in [0.2, 0.25) is 11.8 Å². The smallest absolute Gasteiger partial charge is 0.248 e. The van der Waals surface area contributed by atoms with Gasteiger partial charge in [-0.05, 0) is 18.8 Å². The highest BCUT2D eigenvalue weighted by molar-refractivity contribution is 5.93. The number of nitrogens with one attached hydrogen (secondary N) is 1. The maximum atomic E-state index is 12.5. The zero-order valence-electron chi connectivity index (χ0n) is 11.4. The number of rotatable bonds is 4. The van der Waals surface area contributed by atoms with Crippen LogP contribution in [0.4, 0.5) is 0 Å². The van der Waals surface area contributed by atoms with Crippen LogP contribution in [0.5, 0.6) is 0 Å². The Morgan fingerprint density at radius 1 is 1.29 bits per heavy atom. The summed E-state index contributed by atoms with van der Waals surface area (Å²) in [5.41, 5.74) is -0.678. The molecule has 0 radical (unpaired) electrons. The van der Waals surface area contributed by atoms with Crippen LogP contribution < -0.4 is 5.32 Å². The first-order valence-electron chi connectivity index (χ1n) is 6.55. The van der Waals surface area contributed by atoms with E-state index in [0.29, 0.717) is 31.7 Å². The van der Waals surface area contributed by atoms with Gasteiger partial charge in [-0.25, -0.2) is 0 Å². The van der Waals surface area contributed by atoms with Crippen molar-refractivity contribution in [1.29, 1.82) is 0 Å². The van der Waals surface area contributed by atoms with E-state index in [2.05, 4.69) is 19.2 Å². The summed E-state index contributed by atoms with van der Waals surface area (Å²) in [6, 6.07) is 0. The summed E-state index contributed by atoms with van der Waals surface area (Å²) in [5, 5.41) is 2.91. The number of nitrogens with zero attached hydrogens (tertiary/aromatic N) is 1. The fraction of sp³-hybridized carbons (Fsp3) is 0.846. The normalized spacial score (nSPS) is 20.4. The Kier molecular flexibility index (Phi) is 4.54. The van der Waals surface area contributed by atoms with Crippen molar-refractivity contribution in [3.63, 3.8) is 0 Å². The van der Waals surface area contributed by atoms with Gasteiger partial charge in [-0.2, -0.15) is 0 Å². The Hall–Kier alpha value is -1.06. The van der Waals surface area contributed by atoms with Crippen LogP contribution in [0.3, 0.4) is 0 Å². The number of hydrogen-bond acceptors (Lipinski definition) is 2. The highest BCUT2D eigenvalue weighted by Crippen LogP contribution is 2.22. The van der Waals surface area contributed by atoms with Gasteiger partial charge in [0.25, 0.3) is 0 Å². The molecule has 1 aliphatic heterocycles. The molecule has 1 aliphatic rings. The highest BCUT2D eigenvalue weighted by atomic mass is 16.2. The minimum atomic E-state index is -0.678. The molecule has 0 aromatic heterocycles. The Bertz CT molecular complexity index is 296. The first-order chi connectivity index (χ1) is 7.95. The van der Waals surface area contributed by atoms with Crippen molar-refractivity contribution in [2.24, 2.45) is 5.92 Å². The summed E-state index contributed by atoms with van der Waals surface area (Å²) in [4.78, 5) is 26.1. The molecule has 0 unspecified atom stereocenters. The van der Waals surface area contributed by atoms with Crippen LogP contribution in [0, 0.1) is 5.92 Å². The Morgan fingerprint density at radius 2 is 1.88 bits per heavy atom. The highest BCUT2D eigenvalue weighted by Gasteiger charge is 2.41. The van der Waals surface area contributed by atoms with Crippen LogP contribution in [-0.4, -0.2) is 35.3 Å². The van der Waals surface area contributed by atoms with Gasteiger partial charge < -0.3 is 10.2 Å². The third-order valence-corrected chi connectivity index (χ3v) is 3.48. The SMILES string of the molecule is CCC1(CC)NC(=O)CCN(CC(C)C)C1=O. The third-order valence-electron chi connectivity index (χ3n) is 3.48. The van der Waals surface area contributed by atoms with Crippen LogP contribution >= 0.6 is 0 Å². The van der Waals surface area contributed by atoms with Crippen molar-refractivity contribution in [1.82, 2.24) is 10.2 Å². The third kappa shape index (κ3) is 2.99. The second-order valence-corrected chi connectivity index (χ2v) is 5.23. The summed E-state index contributed by atoms with van der Waals surface area (Å²) in [6.07, 6.45) is 1.73. The van der Waals surface area contributed by atoms with Gasteiger partial charge >= 0.3 is 0 Å². The van der Waals surface area contributed by atoms with Gasteiger partial charge in [0.05, 0.1) is 0 Å². The molecule has 0 bridgehead atoms. The van der Waals surface area contributed by atoms with Crippen LogP contribution in [0.25, 0.3) is 0 Å². The number of amides is 2. The average Bonchev–Trinajstić information content (AvgIpc) is 2.40. The van der Waals surface area contributed by atoms with Gasteiger partial charge in [-0.15, -0.1) is 0 Å². The molecule has 0 atom stereocenters. The molecule has 98 valence electrons. The first kappa shape index (κ1) is 14.0. The molecule has 0 aromatic carbocycles. The first-order valence-corrected chi connectivity index (χ1v) is 6.55. The predicted molar refractivity (Wildman–Crippen MR) is 67.5 cm³/mol. The van der Waals surface area contributed by atoms with E-state index in [9.17, 15) is 9.59 Å². The molecule has 2 amide bonds. The molecule has 1 N–H and O–H groups in total. The van der Waals surface area contributed by atoms with E-state index in [-0.39, 0.29) is 11.8 Å². The second kappa shape index (κ2) is 5.52. The monoisotopic (exact) mass is 240 g/mol. The minimum Gasteiger partial charge on any atom is -0.342 e. The Morgan fingerprint density at radius 3 is 2.35 bits per heavy atom. The quantitative estimate of drug-likeness (QED) is 0.810. The van der Waals surface area contributed by atoms with E-state index < -0.39 is 5.54 Å². The van der Waals surface area contributed by atoms with Crippen molar-refractivity contribution >= 4 is 11.8 Å². The zero-order valence-corrected chi connectivity index (χ0v) is 11.4. The topological polar surface area (TPSA) is 49.4 Å². The fourth-order valence-electron chi connectivity index (χ4n) is 2.37. The molecule has 17 heavy (non-hydrogen) atoms. The fourth-order valence-corrected chi connectivity index (χ4v) is 2.37. The van der Waals surface area contributed by atoms with Gasteiger partial charge in [-0.3, -0.25) is 9.59 Å². The van der Waals surface area contributed by atoms with Crippen LogP contribution in [-0.2, 0) is 9.59 Å². The molecule has 0 aromatic rings. The molecular formula is C13H24N2O2. The van der Waals surface area contributed by atoms with Crippen LogP contribution in [0.1, 0.15) is 47.0 Å². The van der Waals surface area contributed by atoms with Gasteiger partial charge in [0, 0.05) is 19.5 Å². The van der Waals surface area contributed by atoms with Crippen molar-refractivity contribution in [3.05, 3.63) is 0 Å². The number of carbonyl (C=O) groups excluding carboxylic acids is 2. The van der Waals surface area contributed by atoms with Crippen molar-refractivity contribution in [2.75, 3.05) is 13.1 Å². The summed E-state index contributed by atoms with van der Waals surface area (Å²) >= 11 is 0. The van der Waals surface area contributed by atoms with Gasteiger partial charge in [-0.1, -0.05) is 27.7 Å². The van der Waals surface area contributed by atoms with E-state index in [1.54, 1.807) is 0 Å². The summed E-state index contributed by atoms with van der Waals surface area (Å²) in [6.45, 7) is 9.38. The maximum absolute atomic E-state index is 12.5. The molecule has 1 fully saturated rings. The Labute approximate surface area is 104 Å². The summed E-state index contributed by atoms with van der Waals surface area (Å²) < 4.78 is 0. The lowest BCUT2D eigenvalue weighted by atomic mass is 9.91. The number of carbonyl (C=O) groups is 2. The molecule has 0 saturated carbocycles. The predicted octanol–water partition coefficient (Wildman–Crippen LogP) is 1.55. The molecule has 4 nitrogen and oxygen atoms in total. The Balaban J connectivity index is 2.96. The minimum absolute atomic E-state index is 0.00620. The van der Waals surface area contributed by atoms with Gasteiger partial charge in [0.1, 0.15) is 5.54 Å². The summed E-state index contributed by atoms with van der Waals surface area (Å²) in [5.74, 6) is 0.508. The zero-order chi connectivity index (χ0) is 13.1. The van der Waals surface area contributed by atoms with E-state index in [1.165, 1.54) is 0 Å². The van der Waals surface area contributed by atoms with Gasteiger partial charge in [0.15, 0.2) is 0 Å². The van der Waals surface area contributed by atoms with E-state index in [1.807, 2.05) is 18.7 Å². The second-order valence-electron chi connectivity index (χ2n) is 5.23.